The van der Waals surface area contributed by atoms with Crippen LogP contribution in [0.3, 0.4) is 0 Å². The molecule has 2 aliphatic rings. The number of benzene rings is 2. The number of carboxylic acid groups (broad SMARTS) is 1. The van der Waals surface area contributed by atoms with Crippen molar-refractivity contribution in [2.75, 3.05) is 13.1 Å². The minimum Gasteiger partial charge on any atom is -0.508 e. The van der Waals surface area contributed by atoms with Crippen LogP contribution in [0.5, 0.6) is 5.75 Å². The number of nitrogens with zero attached hydrogens (tertiary/aromatic N) is 1. The monoisotopic (exact) mass is 561 g/mol. The summed E-state index contributed by atoms with van der Waals surface area (Å²) in [7, 11) is 0. The summed E-state index contributed by atoms with van der Waals surface area (Å²) in [6.45, 7) is 1.24. The van der Waals surface area contributed by atoms with Crippen molar-refractivity contribution in [2.45, 2.75) is 62.7 Å². The molecule has 4 atom stereocenters. The molecule has 0 radical (unpaired) electrons. The Morgan fingerprint density at radius 1 is 0.951 bits per heavy atom. The van der Waals surface area contributed by atoms with E-state index in [1.165, 1.54) is 12.1 Å². The SMILES string of the molecule is O=C(O)C(Cc1ccc(O)cc1)NC(=O)C(Cc1c[nH]c2ccccc12)NC(=O)C1CCCN1C(=O)C1CCCN1. The van der Waals surface area contributed by atoms with Gasteiger partial charge in [-0.2, -0.15) is 0 Å². The van der Waals surface area contributed by atoms with E-state index in [9.17, 15) is 29.4 Å². The average Bonchev–Trinajstić information content (AvgIpc) is 3.75. The number of nitrogens with one attached hydrogen (secondary N) is 4. The van der Waals surface area contributed by atoms with Gasteiger partial charge in [0.2, 0.25) is 17.7 Å². The second-order valence-electron chi connectivity index (χ2n) is 10.7. The highest BCUT2D eigenvalue weighted by molar-refractivity contribution is 5.95. The van der Waals surface area contributed by atoms with E-state index >= 15 is 0 Å². The Balaban J connectivity index is 1.35. The van der Waals surface area contributed by atoms with Gasteiger partial charge in [0.15, 0.2) is 0 Å². The number of H-pyrrole nitrogens is 1. The number of para-hydroxylation sites is 1. The number of fused-ring (bicyclic) bond motifs is 1. The van der Waals surface area contributed by atoms with Gasteiger partial charge in [0.25, 0.3) is 0 Å². The first kappa shape index (κ1) is 28.2. The first-order valence-corrected chi connectivity index (χ1v) is 14.0. The first-order valence-electron chi connectivity index (χ1n) is 14.0. The predicted molar refractivity (Wildman–Crippen MR) is 151 cm³/mol. The highest BCUT2D eigenvalue weighted by Crippen LogP contribution is 2.23. The molecule has 3 amide bonds. The van der Waals surface area contributed by atoms with Crippen LogP contribution in [0.4, 0.5) is 0 Å². The lowest BCUT2D eigenvalue weighted by Gasteiger charge is -2.28. The molecule has 0 aliphatic carbocycles. The minimum atomic E-state index is -1.26. The van der Waals surface area contributed by atoms with Crippen LogP contribution < -0.4 is 16.0 Å². The summed E-state index contributed by atoms with van der Waals surface area (Å²) < 4.78 is 0. The van der Waals surface area contributed by atoms with Crippen molar-refractivity contribution in [3.63, 3.8) is 0 Å². The molecule has 41 heavy (non-hydrogen) atoms. The predicted octanol–water partition coefficient (Wildman–Crippen LogP) is 1.46. The Bertz CT molecular complexity index is 1410. The normalized spacial score (nSPS) is 20.0. The quantitative estimate of drug-likeness (QED) is 0.218. The molecule has 6 N–H and O–H groups in total. The number of aromatic amines is 1. The van der Waals surface area contributed by atoms with E-state index in [2.05, 4.69) is 20.9 Å². The minimum absolute atomic E-state index is 0.00556. The highest BCUT2D eigenvalue weighted by atomic mass is 16.4. The molecular weight excluding hydrogens is 526 g/mol. The van der Waals surface area contributed by atoms with Gasteiger partial charge in [0.05, 0.1) is 6.04 Å². The summed E-state index contributed by atoms with van der Waals surface area (Å²) >= 11 is 0. The van der Waals surface area contributed by atoms with Crippen LogP contribution >= 0.6 is 0 Å². The van der Waals surface area contributed by atoms with Crippen molar-refractivity contribution in [1.29, 1.82) is 0 Å². The molecule has 3 heterocycles. The summed E-state index contributed by atoms with van der Waals surface area (Å²) in [4.78, 5) is 57.2. The largest absolute Gasteiger partial charge is 0.508 e. The molecule has 216 valence electrons. The smallest absolute Gasteiger partial charge is 0.326 e. The van der Waals surface area contributed by atoms with Crippen molar-refractivity contribution in [2.24, 2.45) is 0 Å². The second kappa shape index (κ2) is 12.4. The molecule has 0 spiro atoms. The maximum atomic E-state index is 13.6. The number of aromatic hydroxyl groups is 1. The fourth-order valence-corrected chi connectivity index (χ4v) is 5.74. The molecule has 3 aromatic rings. The third-order valence-corrected chi connectivity index (χ3v) is 7.92. The van der Waals surface area contributed by atoms with Gasteiger partial charge in [-0.1, -0.05) is 30.3 Å². The molecule has 0 saturated carbocycles. The van der Waals surface area contributed by atoms with Crippen LogP contribution in [-0.2, 0) is 32.0 Å². The number of carbonyl (C=O) groups is 4. The summed E-state index contributed by atoms with van der Waals surface area (Å²) in [5.74, 6) is -2.34. The van der Waals surface area contributed by atoms with E-state index in [-0.39, 0.29) is 30.5 Å². The van der Waals surface area contributed by atoms with E-state index in [0.29, 0.717) is 24.9 Å². The molecule has 2 aromatic carbocycles. The molecule has 1 aromatic heterocycles. The van der Waals surface area contributed by atoms with Crippen LogP contribution in [0.15, 0.2) is 54.7 Å². The lowest BCUT2D eigenvalue weighted by Crippen LogP contribution is -2.57. The van der Waals surface area contributed by atoms with E-state index in [0.717, 1.165) is 35.9 Å². The van der Waals surface area contributed by atoms with E-state index < -0.39 is 35.9 Å². The Labute approximate surface area is 237 Å². The van der Waals surface area contributed by atoms with E-state index in [1.807, 2.05) is 24.3 Å². The first-order chi connectivity index (χ1) is 19.8. The molecule has 0 bridgehead atoms. The molecule has 2 saturated heterocycles. The molecule has 11 nitrogen and oxygen atoms in total. The number of phenols is 1. The second-order valence-corrected chi connectivity index (χ2v) is 10.7. The zero-order valence-corrected chi connectivity index (χ0v) is 22.6. The zero-order valence-electron chi connectivity index (χ0n) is 22.6. The van der Waals surface area contributed by atoms with Crippen LogP contribution in [0.25, 0.3) is 10.9 Å². The Hall–Kier alpha value is -4.38. The maximum absolute atomic E-state index is 13.6. The Morgan fingerprint density at radius 3 is 2.46 bits per heavy atom. The van der Waals surface area contributed by atoms with Gasteiger partial charge in [-0.25, -0.2) is 4.79 Å². The summed E-state index contributed by atoms with van der Waals surface area (Å²) in [6.07, 6.45) is 4.70. The molecule has 4 unspecified atom stereocenters. The lowest BCUT2D eigenvalue weighted by molar-refractivity contribution is -0.143. The van der Waals surface area contributed by atoms with Crippen molar-refractivity contribution < 1.29 is 29.4 Å². The number of hydrogen-bond donors (Lipinski definition) is 6. The maximum Gasteiger partial charge on any atom is 0.326 e. The topological polar surface area (TPSA) is 164 Å². The fourth-order valence-electron chi connectivity index (χ4n) is 5.74. The Morgan fingerprint density at radius 2 is 1.73 bits per heavy atom. The van der Waals surface area contributed by atoms with Gasteiger partial charge in [-0.3, -0.25) is 14.4 Å². The van der Waals surface area contributed by atoms with Gasteiger partial charge in [-0.15, -0.1) is 0 Å². The number of hydrogen-bond acceptors (Lipinski definition) is 6. The van der Waals surface area contributed by atoms with Crippen molar-refractivity contribution in [3.8, 4) is 5.75 Å². The summed E-state index contributed by atoms with van der Waals surface area (Å²) in [5, 5.41) is 28.9. The van der Waals surface area contributed by atoms with Gasteiger partial charge < -0.3 is 36.0 Å². The van der Waals surface area contributed by atoms with E-state index in [1.54, 1.807) is 23.2 Å². The third kappa shape index (κ3) is 6.51. The van der Waals surface area contributed by atoms with Crippen LogP contribution in [0.1, 0.15) is 36.8 Å². The lowest BCUT2D eigenvalue weighted by atomic mass is 10.0. The van der Waals surface area contributed by atoms with Crippen molar-refractivity contribution in [3.05, 3.63) is 65.9 Å². The van der Waals surface area contributed by atoms with Crippen molar-refractivity contribution in [1.82, 2.24) is 25.8 Å². The van der Waals surface area contributed by atoms with Crippen LogP contribution in [-0.4, -0.2) is 81.0 Å². The van der Waals surface area contributed by atoms with Crippen molar-refractivity contribution >= 4 is 34.6 Å². The van der Waals surface area contributed by atoms with Gasteiger partial charge >= 0.3 is 5.97 Å². The molecule has 2 aliphatic heterocycles. The number of amides is 3. The summed E-state index contributed by atoms with van der Waals surface area (Å²) in [5.41, 5.74) is 2.29. The highest BCUT2D eigenvalue weighted by Gasteiger charge is 2.39. The number of aromatic nitrogens is 1. The summed E-state index contributed by atoms with van der Waals surface area (Å²) in [6, 6.07) is 10.3. The standard InChI is InChI=1S/C30H35N5O6/c36-20-11-9-18(10-12-20)15-25(30(40)41)34-27(37)24(16-19-17-32-22-6-2-1-5-21(19)22)33-28(38)26-8-4-14-35(26)29(39)23-7-3-13-31-23/h1-2,5-6,9-12,17,23-26,31-32,36H,3-4,7-8,13-16H2,(H,33,38)(H,34,37)(H,40,41). The third-order valence-electron chi connectivity index (χ3n) is 7.92. The number of phenolic OH excluding ortho intramolecular Hbond substituents is 1. The zero-order chi connectivity index (χ0) is 28.9. The number of carbonyl (C=O) groups excluding carboxylic acids is 3. The molecule has 5 rings (SSSR count). The van der Waals surface area contributed by atoms with Gasteiger partial charge in [-0.05, 0) is 61.6 Å². The molecular formula is C30H35N5O6. The fraction of sp³-hybridized carbons (Fsp3) is 0.400. The average molecular weight is 562 g/mol. The number of aliphatic carboxylic acids is 1. The number of carboxylic acids is 1. The number of rotatable bonds is 10. The van der Waals surface area contributed by atoms with Crippen LogP contribution in [0.2, 0.25) is 0 Å². The molecule has 2 fully saturated rings. The number of likely N-dealkylation sites (tertiary alicyclic amines) is 1. The van der Waals surface area contributed by atoms with Gasteiger partial charge in [0, 0.05) is 36.5 Å². The van der Waals surface area contributed by atoms with Gasteiger partial charge in [0.1, 0.15) is 23.9 Å². The Kier molecular flexibility index (Phi) is 8.53. The molecule has 11 heteroatoms. The van der Waals surface area contributed by atoms with Crippen LogP contribution in [0, 0.1) is 0 Å². The van der Waals surface area contributed by atoms with E-state index in [4.69, 9.17) is 0 Å².